The van der Waals surface area contributed by atoms with Crippen LogP contribution >= 0.6 is 11.6 Å². The van der Waals surface area contributed by atoms with Gasteiger partial charge >= 0.3 is 0 Å². The van der Waals surface area contributed by atoms with Gasteiger partial charge in [-0.2, -0.15) is 0 Å². The minimum atomic E-state index is 0.660. The van der Waals surface area contributed by atoms with Gasteiger partial charge in [-0.3, -0.25) is 0 Å². The molecule has 72 valence electrons. The summed E-state index contributed by atoms with van der Waals surface area (Å²) in [6.07, 6.45) is 3.27. The number of para-hydroxylation sites is 1. The fourth-order valence-corrected chi connectivity index (χ4v) is 1.32. The molecule has 0 saturated heterocycles. The highest BCUT2D eigenvalue weighted by atomic mass is 35.5. The van der Waals surface area contributed by atoms with E-state index < -0.39 is 0 Å². The number of rotatable bonds is 3. The zero-order valence-corrected chi connectivity index (χ0v) is 8.16. The third-order valence-corrected chi connectivity index (χ3v) is 2.17. The molecule has 0 unspecified atom stereocenters. The first-order valence-corrected chi connectivity index (χ1v) is 4.61. The van der Waals surface area contributed by atoms with Crippen LogP contribution in [-0.4, -0.2) is 5.16 Å². The molecule has 0 aliphatic heterocycles. The van der Waals surface area contributed by atoms with Crippen molar-refractivity contribution in [3.05, 3.63) is 47.3 Å². The number of nitrogens with one attached hydrogen (secondary N) is 1. The Morgan fingerprint density at radius 1 is 1.36 bits per heavy atom. The van der Waals surface area contributed by atoms with Crippen molar-refractivity contribution in [2.45, 2.75) is 6.54 Å². The molecule has 2 rings (SSSR count). The topological polar surface area (TPSA) is 38.1 Å². The largest absolute Gasteiger partial charge is 0.380 e. The highest BCUT2D eigenvalue weighted by molar-refractivity contribution is 6.33. The van der Waals surface area contributed by atoms with Crippen LogP contribution in [0.25, 0.3) is 0 Å². The molecule has 0 spiro atoms. The molecule has 0 amide bonds. The Morgan fingerprint density at radius 2 is 2.21 bits per heavy atom. The zero-order valence-electron chi connectivity index (χ0n) is 7.40. The molecular weight excluding hydrogens is 200 g/mol. The quantitative estimate of drug-likeness (QED) is 0.843. The summed E-state index contributed by atoms with van der Waals surface area (Å²) < 4.78 is 4.71. The van der Waals surface area contributed by atoms with Crippen molar-refractivity contribution in [1.29, 1.82) is 0 Å². The van der Waals surface area contributed by atoms with Gasteiger partial charge in [0.1, 0.15) is 6.26 Å². The number of anilines is 1. The molecule has 0 fully saturated rings. The van der Waals surface area contributed by atoms with E-state index in [2.05, 4.69) is 10.5 Å². The molecule has 1 aromatic heterocycles. The predicted octanol–water partition coefficient (Wildman–Crippen LogP) is 2.94. The van der Waals surface area contributed by atoms with Crippen molar-refractivity contribution < 1.29 is 4.52 Å². The molecule has 3 nitrogen and oxygen atoms in total. The van der Waals surface area contributed by atoms with Gasteiger partial charge in [0.2, 0.25) is 0 Å². The number of aromatic nitrogens is 1. The van der Waals surface area contributed by atoms with Gasteiger partial charge in [0.05, 0.1) is 16.9 Å². The Bertz CT molecular complexity index is 400. The molecule has 14 heavy (non-hydrogen) atoms. The van der Waals surface area contributed by atoms with Crippen molar-refractivity contribution in [2.24, 2.45) is 0 Å². The second-order valence-corrected chi connectivity index (χ2v) is 3.27. The minimum Gasteiger partial charge on any atom is -0.380 e. The molecule has 0 aliphatic carbocycles. The Labute approximate surface area is 86.7 Å². The zero-order chi connectivity index (χ0) is 9.80. The number of halogens is 1. The van der Waals surface area contributed by atoms with Crippen LogP contribution < -0.4 is 5.32 Å². The van der Waals surface area contributed by atoms with Crippen molar-refractivity contribution in [1.82, 2.24) is 5.16 Å². The first-order valence-electron chi connectivity index (χ1n) is 4.23. The summed E-state index contributed by atoms with van der Waals surface area (Å²) in [5.74, 6) is 0. The predicted molar refractivity (Wildman–Crippen MR) is 55.3 cm³/mol. The summed E-state index contributed by atoms with van der Waals surface area (Å²) in [4.78, 5) is 0. The van der Waals surface area contributed by atoms with Crippen molar-refractivity contribution in [3.63, 3.8) is 0 Å². The van der Waals surface area contributed by atoms with Gasteiger partial charge in [0.25, 0.3) is 0 Å². The number of hydrogen-bond donors (Lipinski definition) is 1. The summed E-state index contributed by atoms with van der Waals surface area (Å²) in [5.41, 5.74) is 1.90. The van der Waals surface area contributed by atoms with E-state index in [4.69, 9.17) is 16.1 Å². The van der Waals surface area contributed by atoms with Gasteiger partial charge < -0.3 is 9.84 Å². The van der Waals surface area contributed by atoms with E-state index in [-0.39, 0.29) is 0 Å². The highest BCUT2D eigenvalue weighted by Gasteiger charge is 1.99. The maximum Gasteiger partial charge on any atom is 0.128 e. The van der Waals surface area contributed by atoms with Gasteiger partial charge in [-0.25, -0.2) is 0 Å². The molecular formula is C10H9ClN2O. The molecule has 0 radical (unpaired) electrons. The second kappa shape index (κ2) is 4.15. The van der Waals surface area contributed by atoms with E-state index in [1.807, 2.05) is 24.3 Å². The normalized spacial score (nSPS) is 10.1. The number of nitrogens with zero attached hydrogens (tertiary/aromatic N) is 1. The summed E-state index contributed by atoms with van der Waals surface area (Å²) in [6, 6.07) is 7.60. The summed E-state index contributed by atoms with van der Waals surface area (Å²) in [7, 11) is 0. The molecule has 0 atom stereocenters. The lowest BCUT2D eigenvalue weighted by molar-refractivity contribution is 0.419. The first kappa shape index (κ1) is 9.09. The van der Waals surface area contributed by atoms with Crippen LogP contribution in [-0.2, 0) is 6.54 Å². The molecule has 1 N–H and O–H groups in total. The Hall–Kier alpha value is -1.48. The van der Waals surface area contributed by atoms with Crippen molar-refractivity contribution in [2.75, 3.05) is 5.32 Å². The van der Waals surface area contributed by atoms with Gasteiger partial charge in [0, 0.05) is 12.1 Å². The Balaban J connectivity index is 2.02. The van der Waals surface area contributed by atoms with E-state index in [1.54, 1.807) is 12.5 Å². The number of hydrogen-bond acceptors (Lipinski definition) is 3. The van der Waals surface area contributed by atoms with E-state index in [0.717, 1.165) is 11.3 Å². The average molecular weight is 209 g/mol. The van der Waals surface area contributed by atoms with Crippen LogP contribution in [0.5, 0.6) is 0 Å². The standard InChI is InChI=1S/C10H9ClN2O/c11-9-3-1-2-4-10(9)12-5-8-6-13-14-7-8/h1-4,6-7,12H,5H2. The Morgan fingerprint density at radius 3 is 2.93 bits per heavy atom. The highest BCUT2D eigenvalue weighted by Crippen LogP contribution is 2.20. The molecule has 0 bridgehead atoms. The molecule has 2 aromatic rings. The lowest BCUT2D eigenvalue weighted by Gasteiger charge is -2.05. The van der Waals surface area contributed by atoms with Crippen LogP contribution in [0.1, 0.15) is 5.56 Å². The van der Waals surface area contributed by atoms with Gasteiger partial charge in [-0.05, 0) is 12.1 Å². The summed E-state index contributed by atoms with van der Waals surface area (Å²) in [5, 5.41) is 7.50. The van der Waals surface area contributed by atoms with E-state index in [1.165, 1.54) is 0 Å². The summed E-state index contributed by atoms with van der Waals surface area (Å²) in [6.45, 7) is 0.660. The smallest absolute Gasteiger partial charge is 0.128 e. The molecule has 0 aliphatic rings. The third kappa shape index (κ3) is 2.06. The fourth-order valence-electron chi connectivity index (χ4n) is 1.12. The summed E-state index contributed by atoms with van der Waals surface area (Å²) >= 11 is 5.96. The van der Waals surface area contributed by atoms with Crippen LogP contribution in [0.3, 0.4) is 0 Å². The maximum absolute atomic E-state index is 5.96. The van der Waals surface area contributed by atoms with Gasteiger partial charge in [-0.15, -0.1) is 0 Å². The lowest BCUT2D eigenvalue weighted by atomic mass is 10.3. The van der Waals surface area contributed by atoms with Gasteiger partial charge in [-0.1, -0.05) is 28.9 Å². The number of benzene rings is 1. The van der Waals surface area contributed by atoms with E-state index >= 15 is 0 Å². The SMILES string of the molecule is Clc1ccccc1NCc1cnoc1. The van der Waals surface area contributed by atoms with Crippen LogP contribution in [0.2, 0.25) is 5.02 Å². The Kier molecular flexibility index (Phi) is 2.70. The average Bonchev–Trinajstić information content (AvgIpc) is 2.69. The minimum absolute atomic E-state index is 0.660. The van der Waals surface area contributed by atoms with Crippen LogP contribution in [0.15, 0.2) is 41.2 Å². The van der Waals surface area contributed by atoms with E-state index in [9.17, 15) is 0 Å². The second-order valence-electron chi connectivity index (χ2n) is 2.87. The lowest BCUT2D eigenvalue weighted by Crippen LogP contribution is -1.98. The molecule has 4 heteroatoms. The fraction of sp³-hybridized carbons (Fsp3) is 0.100. The third-order valence-electron chi connectivity index (χ3n) is 1.84. The maximum atomic E-state index is 5.96. The first-order chi connectivity index (χ1) is 6.86. The van der Waals surface area contributed by atoms with E-state index in [0.29, 0.717) is 11.6 Å². The van der Waals surface area contributed by atoms with Crippen molar-refractivity contribution in [3.8, 4) is 0 Å². The molecule has 0 saturated carbocycles. The van der Waals surface area contributed by atoms with Crippen LogP contribution in [0.4, 0.5) is 5.69 Å². The molecule has 1 aromatic carbocycles. The molecule has 1 heterocycles. The van der Waals surface area contributed by atoms with Gasteiger partial charge in [0.15, 0.2) is 0 Å². The monoisotopic (exact) mass is 208 g/mol. The van der Waals surface area contributed by atoms with Crippen molar-refractivity contribution >= 4 is 17.3 Å². The van der Waals surface area contributed by atoms with Crippen LogP contribution in [0, 0.1) is 0 Å².